The lowest BCUT2D eigenvalue weighted by atomic mass is 10.1. The van der Waals surface area contributed by atoms with Crippen LogP contribution in [-0.4, -0.2) is 17.9 Å². The van der Waals surface area contributed by atoms with Gasteiger partial charge in [0.15, 0.2) is 0 Å². The molecule has 21 heavy (non-hydrogen) atoms. The Hall–Kier alpha value is -1.88. The molecule has 3 nitrogen and oxygen atoms in total. The Morgan fingerprint density at radius 2 is 2.05 bits per heavy atom. The fraction of sp³-hybridized carbons (Fsp3) is 0.188. The van der Waals surface area contributed by atoms with E-state index in [2.05, 4.69) is 15.9 Å². The van der Waals surface area contributed by atoms with Gasteiger partial charge in [-0.05, 0) is 36.8 Å². The summed E-state index contributed by atoms with van der Waals surface area (Å²) in [5.41, 5.74) is 7.61. The molecule has 0 fully saturated rings. The molecule has 0 heterocycles. The quantitative estimate of drug-likeness (QED) is 0.856. The molecule has 0 unspecified atom stereocenters. The van der Waals surface area contributed by atoms with Gasteiger partial charge in [0.05, 0.1) is 0 Å². The zero-order valence-electron chi connectivity index (χ0n) is 11.9. The van der Waals surface area contributed by atoms with Crippen molar-refractivity contribution in [2.24, 2.45) is 0 Å². The van der Waals surface area contributed by atoms with Gasteiger partial charge in [-0.25, -0.2) is 4.39 Å². The summed E-state index contributed by atoms with van der Waals surface area (Å²) in [7, 11) is 1.68. The third kappa shape index (κ3) is 3.61. The topological polar surface area (TPSA) is 46.3 Å². The third-order valence-corrected chi connectivity index (χ3v) is 3.78. The van der Waals surface area contributed by atoms with E-state index < -0.39 is 5.82 Å². The lowest BCUT2D eigenvalue weighted by Crippen LogP contribution is -2.26. The van der Waals surface area contributed by atoms with Crippen LogP contribution in [0.3, 0.4) is 0 Å². The highest BCUT2D eigenvalue weighted by Crippen LogP contribution is 2.19. The lowest BCUT2D eigenvalue weighted by molar-refractivity contribution is 0.0784. The summed E-state index contributed by atoms with van der Waals surface area (Å²) in [4.78, 5) is 13.9. The second-order valence-electron chi connectivity index (χ2n) is 4.96. The molecule has 0 atom stereocenters. The Labute approximate surface area is 131 Å². The number of benzene rings is 2. The van der Waals surface area contributed by atoms with Gasteiger partial charge in [0.2, 0.25) is 0 Å². The molecule has 2 aromatic rings. The second kappa shape index (κ2) is 6.26. The normalized spacial score (nSPS) is 10.5. The number of nitrogens with zero attached hydrogens (tertiary/aromatic N) is 1. The Morgan fingerprint density at radius 3 is 2.67 bits per heavy atom. The van der Waals surface area contributed by atoms with Crippen LogP contribution in [0.15, 0.2) is 40.9 Å². The minimum Gasteiger partial charge on any atom is -0.398 e. The van der Waals surface area contributed by atoms with Crippen molar-refractivity contribution in [2.75, 3.05) is 12.8 Å². The van der Waals surface area contributed by atoms with Crippen LogP contribution in [0.4, 0.5) is 10.1 Å². The fourth-order valence-corrected chi connectivity index (χ4v) is 2.47. The van der Waals surface area contributed by atoms with Gasteiger partial charge in [-0.2, -0.15) is 0 Å². The molecule has 2 aromatic carbocycles. The highest BCUT2D eigenvalue weighted by molar-refractivity contribution is 9.10. The van der Waals surface area contributed by atoms with Crippen LogP contribution in [0.1, 0.15) is 21.5 Å². The van der Waals surface area contributed by atoms with E-state index >= 15 is 0 Å². The molecule has 0 aliphatic heterocycles. The first-order valence-corrected chi connectivity index (χ1v) is 7.23. The predicted molar refractivity (Wildman–Crippen MR) is 85.5 cm³/mol. The van der Waals surface area contributed by atoms with Crippen molar-refractivity contribution in [2.45, 2.75) is 13.5 Å². The number of carbonyl (C=O) groups is 1. The summed E-state index contributed by atoms with van der Waals surface area (Å²) in [6, 6.07) is 10.4. The van der Waals surface area contributed by atoms with Crippen LogP contribution < -0.4 is 5.73 Å². The van der Waals surface area contributed by atoms with Gasteiger partial charge >= 0.3 is 0 Å². The average Bonchev–Trinajstić information content (AvgIpc) is 2.43. The molecule has 5 heteroatoms. The van der Waals surface area contributed by atoms with Crippen LogP contribution in [0.5, 0.6) is 0 Å². The van der Waals surface area contributed by atoms with Crippen molar-refractivity contribution in [1.29, 1.82) is 0 Å². The van der Waals surface area contributed by atoms with Gasteiger partial charge in [-0.1, -0.05) is 28.1 Å². The minimum absolute atomic E-state index is 0.257. The van der Waals surface area contributed by atoms with E-state index in [1.54, 1.807) is 14.0 Å². The van der Waals surface area contributed by atoms with E-state index in [0.717, 1.165) is 10.0 Å². The summed E-state index contributed by atoms with van der Waals surface area (Å²) in [5.74, 6) is -0.727. The minimum atomic E-state index is -0.464. The summed E-state index contributed by atoms with van der Waals surface area (Å²) >= 11 is 3.39. The molecule has 0 saturated carbocycles. The zero-order valence-corrected chi connectivity index (χ0v) is 13.4. The number of nitrogen functional groups attached to an aromatic ring is 1. The molecule has 0 bridgehead atoms. The number of halogens is 2. The van der Waals surface area contributed by atoms with E-state index in [-0.39, 0.29) is 17.2 Å². The molecule has 0 spiro atoms. The maximum absolute atomic E-state index is 13.7. The molecule has 1 amide bonds. The number of anilines is 1. The maximum Gasteiger partial charge on any atom is 0.254 e. The summed E-state index contributed by atoms with van der Waals surface area (Å²) in [6.45, 7) is 2.03. The third-order valence-electron chi connectivity index (χ3n) is 3.29. The van der Waals surface area contributed by atoms with E-state index in [1.807, 2.05) is 24.3 Å². The van der Waals surface area contributed by atoms with Gasteiger partial charge in [0.1, 0.15) is 5.82 Å². The smallest absolute Gasteiger partial charge is 0.254 e. The highest BCUT2D eigenvalue weighted by Gasteiger charge is 2.15. The van der Waals surface area contributed by atoms with Gasteiger partial charge in [0.25, 0.3) is 5.91 Å². The maximum atomic E-state index is 13.7. The number of carbonyl (C=O) groups excluding carboxylic acids is 1. The first-order chi connectivity index (χ1) is 9.88. The number of nitrogens with two attached hydrogens (primary N) is 1. The first-order valence-electron chi connectivity index (χ1n) is 6.44. The Balaban J connectivity index is 2.20. The van der Waals surface area contributed by atoms with Crippen molar-refractivity contribution in [1.82, 2.24) is 4.90 Å². The molecular weight excluding hydrogens is 335 g/mol. The molecule has 0 aliphatic carbocycles. The summed E-state index contributed by atoms with van der Waals surface area (Å²) in [6.07, 6.45) is 0. The summed E-state index contributed by atoms with van der Waals surface area (Å²) in [5, 5.41) is 0. The van der Waals surface area contributed by atoms with Crippen molar-refractivity contribution in [3.63, 3.8) is 0 Å². The van der Waals surface area contributed by atoms with Crippen molar-refractivity contribution in [3.8, 4) is 0 Å². The Bertz CT molecular complexity index is 665. The largest absolute Gasteiger partial charge is 0.398 e. The Morgan fingerprint density at radius 1 is 1.33 bits per heavy atom. The summed E-state index contributed by atoms with van der Waals surface area (Å²) < 4.78 is 14.6. The lowest BCUT2D eigenvalue weighted by Gasteiger charge is -2.18. The van der Waals surface area contributed by atoms with E-state index in [4.69, 9.17) is 5.73 Å². The molecule has 0 aromatic heterocycles. The SMILES string of the molecule is Cc1c(N)cc(C(=O)N(C)Cc2cccc(Br)c2)cc1F. The van der Waals surface area contributed by atoms with Crippen LogP contribution in [0, 0.1) is 12.7 Å². The van der Waals surface area contributed by atoms with Gasteiger partial charge in [0, 0.05) is 34.9 Å². The molecule has 0 saturated heterocycles. The van der Waals surface area contributed by atoms with E-state index in [0.29, 0.717) is 12.1 Å². The molecule has 0 aliphatic rings. The standard InChI is InChI=1S/C16H16BrFN2O/c1-10-14(18)7-12(8-15(10)19)16(21)20(2)9-11-4-3-5-13(17)6-11/h3-8H,9,19H2,1-2H3. The van der Waals surface area contributed by atoms with Crippen LogP contribution in [0.25, 0.3) is 0 Å². The molecular formula is C16H16BrFN2O. The van der Waals surface area contributed by atoms with Crippen LogP contribution >= 0.6 is 15.9 Å². The first kappa shape index (κ1) is 15.5. The molecule has 2 N–H and O–H groups in total. The van der Waals surface area contributed by atoms with Gasteiger partial charge in [-0.3, -0.25) is 4.79 Å². The molecule has 110 valence electrons. The van der Waals surface area contributed by atoms with Crippen molar-refractivity contribution >= 4 is 27.5 Å². The highest BCUT2D eigenvalue weighted by atomic mass is 79.9. The van der Waals surface area contributed by atoms with Crippen molar-refractivity contribution < 1.29 is 9.18 Å². The van der Waals surface area contributed by atoms with E-state index in [1.165, 1.54) is 17.0 Å². The van der Waals surface area contributed by atoms with Gasteiger partial charge < -0.3 is 10.6 Å². The average molecular weight is 351 g/mol. The van der Waals surface area contributed by atoms with Crippen LogP contribution in [-0.2, 0) is 6.54 Å². The number of hydrogen-bond donors (Lipinski definition) is 1. The number of hydrogen-bond acceptors (Lipinski definition) is 2. The van der Waals surface area contributed by atoms with Crippen molar-refractivity contribution in [3.05, 3.63) is 63.4 Å². The monoisotopic (exact) mass is 350 g/mol. The Kier molecular flexibility index (Phi) is 4.63. The van der Waals surface area contributed by atoms with Crippen LogP contribution in [0.2, 0.25) is 0 Å². The predicted octanol–water partition coefficient (Wildman–Crippen LogP) is 3.75. The molecule has 2 rings (SSSR count). The second-order valence-corrected chi connectivity index (χ2v) is 5.88. The van der Waals surface area contributed by atoms with Gasteiger partial charge in [-0.15, -0.1) is 0 Å². The van der Waals surface area contributed by atoms with E-state index in [9.17, 15) is 9.18 Å². The number of amides is 1. The number of rotatable bonds is 3. The fourth-order valence-electron chi connectivity index (χ4n) is 2.02. The molecule has 0 radical (unpaired) electrons. The zero-order chi connectivity index (χ0) is 15.6.